The number of carbonyl (C=O) groups is 1. The van der Waals surface area contributed by atoms with Crippen LogP contribution >= 0.6 is 11.6 Å². The minimum atomic E-state index is -0.509. The Morgan fingerprint density at radius 1 is 1.35 bits per heavy atom. The van der Waals surface area contributed by atoms with Gasteiger partial charge in [-0.2, -0.15) is 0 Å². The minimum Gasteiger partial charge on any atom is -0.462 e. The van der Waals surface area contributed by atoms with Crippen LogP contribution in [0.2, 0.25) is 5.15 Å². The first-order chi connectivity index (χ1) is 12.5. The molecule has 7 nitrogen and oxygen atoms in total. The van der Waals surface area contributed by atoms with E-state index in [1.165, 1.54) is 12.3 Å². The predicted molar refractivity (Wildman–Crippen MR) is 101 cm³/mol. The molecule has 0 aliphatic rings. The number of aromatic nitrogens is 3. The highest BCUT2D eigenvalue weighted by atomic mass is 35.5. The lowest BCUT2D eigenvalue weighted by atomic mass is 10.2. The molecule has 0 bridgehead atoms. The topological polar surface area (TPSA) is 78.2 Å². The van der Waals surface area contributed by atoms with Crippen molar-refractivity contribution in [2.75, 3.05) is 11.9 Å². The van der Waals surface area contributed by atoms with Gasteiger partial charge in [0.2, 0.25) is 0 Å². The summed E-state index contributed by atoms with van der Waals surface area (Å²) in [6.07, 6.45) is 4.93. The fourth-order valence-corrected chi connectivity index (χ4v) is 2.99. The van der Waals surface area contributed by atoms with E-state index in [1.54, 1.807) is 23.9 Å². The van der Waals surface area contributed by atoms with Gasteiger partial charge in [0.15, 0.2) is 0 Å². The Morgan fingerprint density at radius 2 is 2.12 bits per heavy atom. The van der Waals surface area contributed by atoms with Gasteiger partial charge in [-0.25, -0.2) is 9.78 Å². The van der Waals surface area contributed by atoms with Gasteiger partial charge in [-0.1, -0.05) is 11.6 Å². The third kappa shape index (κ3) is 3.17. The maximum absolute atomic E-state index is 12.8. The average molecular weight is 375 g/mol. The van der Waals surface area contributed by atoms with E-state index < -0.39 is 5.97 Å². The Kier molecular flexibility index (Phi) is 4.99. The molecule has 3 rings (SSSR count). The molecule has 3 aromatic rings. The van der Waals surface area contributed by atoms with E-state index in [-0.39, 0.29) is 22.9 Å². The first-order valence-electron chi connectivity index (χ1n) is 8.24. The fraction of sp³-hybridized carbons (Fsp3) is 0.278. The highest BCUT2D eigenvalue weighted by Crippen LogP contribution is 2.28. The molecule has 0 saturated carbocycles. The fourth-order valence-electron chi connectivity index (χ4n) is 2.83. The summed E-state index contributed by atoms with van der Waals surface area (Å²) < 4.78 is 8.54. The Labute approximate surface area is 155 Å². The minimum absolute atomic E-state index is 0.106. The van der Waals surface area contributed by atoms with E-state index in [2.05, 4.69) is 10.3 Å². The molecule has 0 unspecified atom stereocenters. The number of carbonyl (C=O) groups excluding carboxylic acids is 1. The van der Waals surface area contributed by atoms with Crippen LogP contribution < -0.4 is 10.9 Å². The molecular weight excluding hydrogens is 356 g/mol. The smallest absolute Gasteiger partial charge is 0.341 e. The highest BCUT2D eigenvalue weighted by Gasteiger charge is 2.17. The van der Waals surface area contributed by atoms with Crippen molar-refractivity contribution in [3.63, 3.8) is 0 Å². The van der Waals surface area contributed by atoms with Crippen molar-refractivity contribution in [3.8, 4) is 0 Å². The van der Waals surface area contributed by atoms with Gasteiger partial charge in [-0.3, -0.25) is 4.79 Å². The molecule has 0 saturated heterocycles. The number of fused-ring (bicyclic) bond motifs is 1. The molecule has 0 aromatic carbocycles. The summed E-state index contributed by atoms with van der Waals surface area (Å²) >= 11 is 5.99. The van der Waals surface area contributed by atoms with Gasteiger partial charge >= 0.3 is 5.97 Å². The standard InChI is InChI=1S/C18H19ClN4O3/c1-4-23-7-6-14-16(17(23)24)13(10-22(14)3)21-12-8-15(19)20-9-11(12)18(25)26-5-2/h6-10H,4-5H2,1-3H3,(H,20,21). The lowest BCUT2D eigenvalue weighted by Crippen LogP contribution is -2.18. The van der Waals surface area contributed by atoms with Gasteiger partial charge in [0.05, 0.1) is 28.9 Å². The molecule has 0 spiro atoms. The van der Waals surface area contributed by atoms with Crippen LogP contribution in [0.4, 0.5) is 11.4 Å². The zero-order valence-electron chi connectivity index (χ0n) is 14.7. The molecule has 0 amide bonds. The zero-order valence-corrected chi connectivity index (χ0v) is 15.5. The maximum Gasteiger partial charge on any atom is 0.341 e. The van der Waals surface area contributed by atoms with Crippen molar-refractivity contribution in [1.82, 2.24) is 14.1 Å². The van der Waals surface area contributed by atoms with E-state index >= 15 is 0 Å². The monoisotopic (exact) mass is 374 g/mol. The quantitative estimate of drug-likeness (QED) is 0.547. The summed E-state index contributed by atoms with van der Waals surface area (Å²) in [6.45, 7) is 4.45. The molecule has 1 N–H and O–H groups in total. The summed E-state index contributed by atoms with van der Waals surface area (Å²) in [6, 6.07) is 3.42. The predicted octanol–water partition coefficient (Wildman–Crippen LogP) is 3.33. The number of hydrogen-bond donors (Lipinski definition) is 1. The van der Waals surface area contributed by atoms with Gasteiger partial charge in [0.1, 0.15) is 10.7 Å². The van der Waals surface area contributed by atoms with Crippen LogP contribution in [0.15, 0.2) is 35.5 Å². The lowest BCUT2D eigenvalue weighted by molar-refractivity contribution is 0.0527. The Bertz CT molecular complexity index is 1040. The second-order valence-electron chi connectivity index (χ2n) is 5.72. The van der Waals surface area contributed by atoms with Gasteiger partial charge in [0, 0.05) is 32.2 Å². The molecule has 0 radical (unpaired) electrons. The van der Waals surface area contributed by atoms with Crippen LogP contribution in [0.25, 0.3) is 10.9 Å². The van der Waals surface area contributed by atoms with Gasteiger partial charge < -0.3 is 19.2 Å². The molecule has 26 heavy (non-hydrogen) atoms. The van der Waals surface area contributed by atoms with Crippen LogP contribution in [0.3, 0.4) is 0 Å². The van der Waals surface area contributed by atoms with Gasteiger partial charge in [0.25, 0.3) is 5.56 Å². The van der Waals surface area contributed by atoms with Crippen molar-refractivity contribution >= 4 is 39.8 Å². The van der Waals surface area contributed by atoms with Crippen LogP contribution in [0.1, 0.15) is 24.2 Å². The molecule has 0 aliphatic heterocycles. The summed E-state index contributed by atoms with van der Waals surface area (Å²) in [5.41, 5.74) is 1.95. The summed E-state index contributed by atoms with van der Waals surface area (Å²) in [5, 5.41) is 3.92. The number of pyridine rings is 2. The number of nitrogens with one attached hydrogen (secondary N) is 1. The van der Waals surface area contributed by atoms with Gasteiger partial charge in [-0.15, -0.1) is 0 Å². The van der Waals surface area contributed by atoms with Crippen LogP contribution in [0.5, 0.6) is 0 Å². The number of hydrogen-bond acceptors (Lipinski definition) is 5. The van der Waals surface area contributed by atoms with Crippen LogP contribution in [-0.4, -0.2) is 26.7 Å². The molecule has 3 heterocycles. The van der Waals surface area contributed by atoms with E-state index in [1.807, 2.05) is 24.6 Å². The van der Waals surface area contributed by atoms with Crippen molar-refractivity contribution in [2.45, 2.75) is 20.4 Å². The number of anilines is 2. The van der Waals surface area contributed by atoms with Crippen LogP contribution in [0, 0.1) is 0 Å². The molecular formula is C18H19ClN4O3. The summed E-state index contributed by atoms with van der Waals surface area (Å²) in [5.74, 6) is -0.509. The molecule has 0 aliphatic carbocycles. The molecule has 0 atom stereocenters. The van der Waals surface area contributed by atoms with E-state index in [9.17, 15) is 9.59 Å². The number of nitrogens with zero attached hydrogens (tertiary/aromatic N) is 3. The third-order valence-electron chi connectivity index (χ3n) is 4.09. The largest absolute Gasteiger partial charge is 0.462 e. The normalized spacial score (nSPS) is 10.9. The number of rotatable bonds is 5. The second-order valence-corrected chi connectivity index (χ2v) is 6.11. The second kappa shape index (κ2) is 7.21. The Hall–Kier alpha value is -2.80. The van der Waals surface area contributed by atoms with E-state index in [0.29, 0.717) is 23.3 Å². The number of esters is 1. The first kappa shape index (κ1) is 18.0. The molecule has 8 heteroatoms. The molecule has 136 valence electrons. The number of aryl methyl sites for hydroxylation is 2. The van der Waals surface area contributed by atoms with Crippen molar-refractivity contribution in [3.05, 3.63) is 51.8 Å². The van der Waals surface area contributed by atoms with Gasteiger partial charge in [-0.05, 0) is 26.0 Å². The molecule has 0 fully saturated rings. The molecule has 3 aromatic heterocycles. The summed E-state index contributed by atoms with van der Waals surface area (Å²) in [7, 11) is 1.86. The van der Waals surface area contributed by atoms with Crippen molar-refractivity contribution in [2.24, 2.45) is 7.05 Å². The Balaban J connectivity index is 2.14. The summed E-state index contributed by atoms with van der Waals surface area (Å²) in [4.78, 5) is 28.9. The average Bonchev–Trinajstić information content (AvgIpc) is 2.92. The maximum atomic E-state index is 12.8. The Morgan fingerprint density at radius 3 is 2.81 bits per heavy atom. The van der Waals surface area contributed by atoms with Crippen molar-refractivity contribution in [1.29, 1.82) is 0 Å². The first-order valence-corrected chi connectivity index (χ1v) is 8.62. The number of ether oxygens (including phenoxy) is 1. The van der Waals surface area contributed by atoms with E-state index in [4.69, 9.17) is 16.3 Å². The zero-order chi connectivity index (χ0) is 18.8. The SMILES string of the molecule is CCOC(=O)c1cnc(Cl)cc1Nc1cn(C)c2ccn(CC)c(=O)c12. The van der Waals surface area contributed by atoms with E-state index in [0.717, 1.165) is 5.52 Å². The van der Waals surface area contributed by atoms with Crippen LogP contribution in [-0.2, 0) is 18.3 Å². The van der Waals surface area contributed by atoms with Crippen molar-refractivity contribution < 1.29 is 9.53 Å². The third-order valence-corrected chi connectivity index (χ3v) is 4.30. The number of halogens is 1. The highest BCUT2D eigenvalue weighted by molar-refractivity contribution is 6.29. The lowest BCUT2D eigenvalue weighted by Gasteiger charge is -2.11.